The number of nitrogens with zero attached hydrogens (tertiary/aromatic N) is 2. The average molecular weight is 261 g/mol. The van der Waals surface area contributed by atoms with Crippen LogP contribution in [0.15, 0.2) is 18.2 Å². The molecule has 102 valence electrons. The highest BCUT2D eigenvalue weighted by atomic mass is 16.2. The van der Waals surface area contributed by atoms with Gasteiger partial charge in [0.05, 0.1) is 12.2 Å². The largest absolute Gasteiger partial charge is 0.370 e. The third-order valence-electron chi connectivity index (χ3n) is 3.15. The molecule has 2 heterocycles. The van der Waals surface area contributed by atoms with Gasteiger partial charge in [-0.1, -0.05) is 19.9 Å². The summed E-state index contributed by atoms with van der Waals surface area (Å²) in [5.41, 5.74) is 0.733. The Morgan fingerprint density at radius 2 is 2.21 bits per heavy atom. The smallest absolute Gasteiger partial charge is 0.232 e. The molecule has 5 nitrogen and oxygen atoms in total. The van der Waals surface area contributed by atoms with Crippen molar-refractivity contribution in [2.24, 2.45) is 5.92 Å². The van der Waals surface area contributed by atoms with Gasteiger partial charge in [0, 0.05) is 18.9 Å². The summed E-state index contributed by atoms with van der Waals surface area (Å²) in [5, 5.41) is 3.19. The van der Waals surface area contributed by atoms with Gasteiger partial charge >= 0.3 is 0 Å². The van der Waals surface area contributed by atoms with Crippen LogP contribution in [0.1, 0.15) is 32.4 Å². The summed E-state index contributed by atoms with van der Waals surface area (Å²) in [7, 11) is 0. The Bertz CT molecular complexity index is 487. The highest BCUT2D eigenvalue weighted by Crippen LogP contribution is 2.20. The molecule has 0 saturated carbocycles. The number of carbonyl (C=O) groups is 2. The molecule has 1 saturated heterocycles. The molecular formula is C14H19N3O2. The van der Waals surface area contributed by atoms with Crippen LogP contribution in [0, 0.1) is 5.92 Å². The van der Waals surface area contributed by atoms with E-state index in [1.54, 1.807) is 6.92 Å². The van der Waals surface area contributed by atoms with E-state index in [4.69, 9.17) is 0 Å². The SMILES string of the molecule is CCCNc1cccc(CN2C(=O)CC(C)C2=O)n1. The molecule has 1 fully saturated rings. The lowest BCUT2D eigenvalue weighted by molar-refractivity contribution is -0.139. The molecule has 5 heteroatoms. The number of amides is 2. The monoisotopic (exact) mass is 261 g/mol. The predicted molar refractivity (Wildman–Crippen MR) is 72.4 cm³/mol. The maximum Gasteiger partial charge on any atom is 0.232 e. The van der Waals surface area contributed by atoms with E-state index >= 15 is 0 Å². The summed E-state index contributed by atoms with van der Waals surface area (Å²) >= 11 is 0. The van der Waals surface area contributed by atoms with Crippen molar-refractivity contribution in [3.8, 4) is 0 Å². The molecule has 1 unspecified atom stereocenters. The van der Waals surface area contributed by atoms with E-state index in [1.807, 2.05) is 18.2 Å². The number of rotatable bonds is 5. The lowest BCUT2D eigenvalue weighted by Gasteiger charge is -2.14. The van der Waals surface area contributed by atoms with E-state index in [-0.39, 0.29) is 24.3 Å². The number of anilines is 1. The van der Waals surface area contributed by atoms with Gasteiger partial charge in [0.15, 0.2) is 0 Å². The molecule has 1 N–H and O–H groups in total. The Hall–Kier alpha value is -1.91. The van der Waals surface area contributed by atoms with Gasteiger partial charge in [-0.25, -0.2) is 4.98 Å². The van der Waals surface area contributed by atoms with Crippen LogP contribution in [0.5, 0.6) is 0 Å². The van der Waals surface area contributed by atoms with Crippen molar-refractivity contribution in [1.82, 2.24) is 9.88 Å². The summed E-state index contributed by atoms with van der Waals surface area (Å²) in [6.45, 7) is 4.99. The fourth-order valence-corrected chi connectivity index (χ4v) is 2.10. The van der Waals surface area contributed by atoms with Gasteiger partial charge in [0.2, 0.25) is 11.8 Å². The van der Waals surface area contributed by atoms with Crippen LogP contribution in [-0.4, -0.2) is 28.2 Å². The molecule has 1 aromatic heterocycles. The number of imide groups is 1. The lowest BCUT2D eigenvalue weighted by atomic mass is 10.1. The normalized spacial score (nSPS) is 19.1. The first kappa shape index (κ1) is 13.5. The molecule has 0 radical (unpaired) electrons. The molecule has 1 aliphatic heterocycles. The summed E-state index contributed by atoms with van der Waals surface area (Å²) in [6, 6.07) is 5.60. The van der Waals surface area contributed by atoms with Gasteiger partial charge in [-0.2, -0.15) is 0 Å². The van der Waals surface area contributed by atoms with Crippen molar-refractivity contribution in [3.05, 3.63) is 23.9 Å². The minimum atomic E-state index is -0.200. The fraction of sp³-hybridized carbons (Fsp3) is 0.500. The van der Waals surface area contributed by atoms with Gasteiger partial charge in [-0.15, -0.1) is 0 Å². The van der Waals surface area contributed by atoms with Crippen molar-refractivity contribution >= 4 is 17.6 Å². The number of hydrogen-bond acceptors (Lipinski definition) is 4. The van der Waals surface area contributed by atoms with Gasteiger partial charge in [0.25, 0.3) is 0 Å². The maximum atomic E-state index is 11.8. The van der Waals surface area contributed by atoms with Crippen LogP contribution in [0.4, 0.5) is 5.82 Å². The summed E-state index contributed by atoms with van der Waals surface area (Å²) in [6.07, 6.45) is 1.33. The number of hydrogen-bond donors (Lipinski definition) is 1. The lowest BCUT2D eigenvalue weighted by Crippen LogP contribution is -2.30. The topological polar surface area (TPSA) is 62.3 Å². The quantitative estimate of drug-likeness (QED) is 0.821. The first-order valence-corrected chi connectivity index (χ1v) is 6.65. The van der Waals surface area contributed by atoms with Crippen LogP contribution < -0.4 is 5.32 Å². The molecule has 0 spiro atoms. The number of pyridine rings is 1. The number of likely N-dealkylation sites (tertiary alicyclic amines) is 1. The van der Waals surface area contributed by atoms with E-state index in [1.165, 1.54) is 4.90 Å². The molecular weight excluding hydrogens is 242 g/mol. The highest BCUT2D eigenvalue weighted by Gasteiger charge is 2.35. The third kappa shape index (κ3) is 3.10. The molecule has 0 aromatic carbocycles. The summed E-state index contributed by atoms with van der Waals surface area (Å²) < 4.78 is 0. The minimum Gasteiger partial charge on any atom is -0.370 e. The van der Waals surface area contributed by atoms with Crippen molar-refractivity contribution in [2.75, 3.05) is 11.9 Å². The van der Waals surface area contributed by atoms with Crippen molar-refractivity contribution < 1.29 is 9.59 Å². The van der Waals surface area contributed by atoms with Crippen LogP contribution >= 0.6 is 0 Å². The number of aromatic nitrogens is 1. The molecule has 19 heavy (non-hydrogen) atoms. The zero-order chi connectivity index (χ0) is 13.8. The zero-order valence-corrected chi connectivity index (χ0v) is 11.3. The third-order valence-corrected chi connectivity index (χ3v) is 3.15. The molecule has 0 aliphatic carbocycles. The molecule has 2 rings (SSSR count). The highest BCUT2D eigenvalue weighted by molar-refractivity contribution is 6.03. The second kappa shape index (κ2) is 5.82. The summed E-state index contributed by atoms with van der Waals surface area (Å²) in [5.74, 6) is 0.380. The van der Waals surface area contributed by atoms with E-state index in [2.05, 4.69) is 17.2 Å². The first-order chi connectivity index (χ1) is 9.11. The van der Waals surface area contributed by atoms with Crippen LogP contribution in [0.2, 0.25) is 0 Å². The van der Waals surface area contributed by atoms with Crippen molar-refractivity contribution in [1.29, 1.82) is 0 Å². The standard InChI is InChI=1S/C14H19N3O2/c1-3-7-15-12-6-4-5-11(16-12)9-17-13(18)8-10(2)14(17)19/h4-6,10H,3,7-9H2,1-2H3,(H,15,16). The second-order valence-corrected chi connectivity index (χ2v) is 4.86. The minimum absolute atomic E-state index is 0.0984. The van der Waals surface area contributed by atoms with Gasteiger partial charge in [-0.05, 0) is 18.6 Å². The summed E-state index contributed by atoms with van der Waals surface area (Å²) in [4.78, 5) is 29.3. The Balaban J connectivity index is 2.06. The molecule has 1 aliphatic rings. The molecule has 2 amide bonds. The second-order valence-electron chi connectivity index (χ2n) is 4.86. The Kier molecular flexibility index (Phi) is 4.14. The molecule has 1 atom stereocenters. The van der Waals surface area contributed by atoms with Crippen LogP contribution in [0.3, 0.4) is 0 Å². The van der Waals surface area contributed by atoms with Crippen LogP contribution in [0.25, 0.3) is 0 Å². The predicted octanol–water partition coefficient (Wildman–Crippen LogP) is 1.80. The van der Waals surface area contributed by atoms with E-state index < -0.39 is 0 Å². The van der Waals surface area contributed by atoms with E-state index in [0.29, 0.717) is 6.42 Å². The Morgan fingerprint density at radius 1 is 1.42 bits per heavy atom. The first-order valence-electron chi connectivity index (χ1n) is 6.65. The van der Waals surface area contributed by atoms with Gasteiger partial charge < -0.3 is 5.32 Å². The fourth-order valence-electron chi connectivity index (χ4n) is 2.10. The average Bonchev–Trinajstić information content (AvgIpc) is 2.64. The zero-order valence-electron chi connectivity index (χ0n) is 11.3. The maximum absolute atomic E-state index is 11.8. The molecule has 1 aromatic rings. The van der Waals surface area contributed by atoms with Crippen molar-refractivity contribution in [2.45, 2.75) is 33.2 Å². The molecule has 0 bridgehead atoms. The van der Waals surface area contributed by atoms with Gasteiger partial charge in [0.1, 0.15) is 5.82 Å². The Labute approximate surface area is 113 Å². The van der Waals surface area contributed by atoms with E-state index in [0.717, 1.165) is 24.5 Å². The van der Waals surface area contributed by atoms with Crippen molar-refractivity contribution in [3.63, 3.8) is 0 Å². The van der Waals surface area contributed by atoms with E-state index in [9.17, 15) is 9.59 Å². The number of nitrogens with one attached hydrogen (secondary N) is 1. The Morgan fingerprint density at radius 3 is 2.84 bits per heavy atom. The van der Waals surface area contributed by atoms with Gasteiger partial charge in [-0.3, -0.25) is 14.5 Å². The van der Waals surface area contributed by atoms with Crippen LogP contribution in [-0.2, 0) is 16.1 Å². The number of carbonyl (C=O) groups excluding carboxylic acids is 2.